The summed E-state index contributed by atoms with van der Waals surface area (Å²) < 4.78 is 11.2. The molecule has 1 saturated heterocycles. The lowest BCUT2D eigenvalue weighted by molar-refractivity contribution is -0.122. The summed E-state index contributed by atoms with van der Waals surface area (Å²) in [7, 11) is 0. The van der Waals surface area contributed by atoms with Crippen LogP contribution in [0.5, 0.6) is 11.5 Å². The molecule has 2 aromatic carbocycles. The highest BCUT2D eigenvalue weighted by molar-refractivity contribution is 9.12. The molecule has 0 saturated carbocycles. The summed E-state index contributed by atoms with van der Waals surface area (Å²) in [5, 5.41) is 5.89. The average Bonchev–Trinajstić information content (AvgIpc) is 3.05. The minimum Gasteiger partial charge on any atom is -0.492 e. The van der Waals surface area contributed by atoms with E-state index in [0.717, 1.165) is 5.33 Å². The summed E-state index contributed by atoms with van der Waals surface area (Å²) >= 11 is 6.87. The van der Waals surface area contributed by atoms with Crippen molar-refractivity contribution in [3.05, 3.63) is 72.3 Å². The Morgan fingerprint density at radius 1 is 1.00 bits per heavy atom. The summed E-state index contributed by atoms with van der Waals surface area (Å²) in [6, 6.07) is 13.6. The van der Waals surface area contributed by atoms with E-state index in [1.165, 1.54) is 0 Å². The van der Waals surface area contributed by atoms with E-state index in [4.69, 9.17) is 9.47 Å². The monoisotopic (exact) mass is 522 g/mol. The van der Waals surface area contributed by atoms with Gasteiger partial charge in [0, 0.05) is 5.33 Å². The molecule has 3 amide bonds. The van der Waals surface area contributed by atoms with Gasteiger partial charge in [0.1, 0.15) is 24.7 Å². The van der Waals surface area contributed by atoms with E-state index in [9.17, 15) is 9.59 Å². The van der Waals surface area contributed by atoms with E-state index < -0.39 is 17.5 Å². The number of rotatable bonds is 9. The van der Waals surface area contributed by atoms with Gasteiger partial charge in [-0.25, -0.2) is 4.79 Å². The number of ether oxygens (including phenoxy) is 2. The smallest absolute Gasteiger partial charge is 0.322 e. The van der Waals surface area contributed by atoms with Crippen molar-refractivity contribution in [2.45, 2.75) is 10.4 Å². The molecule has 1 heterocycles. The molecule has 29 heavy (non-hydrogen) atoms. The van der Waals surface area contributed by atoms with Gasteiger partial charge in [0.15, 0.2) is 5.54 Å². The van der Waals surface area contributed by atoms with Crippen LogP contribution in [-0.4, -0.2) is 35.3 Å². The van der Waals surface area contributed by atoms with Crippen LogP contribution in [0.4, 0.5) is 4.79 Å². The van der Waals surface area contributed by atoms with Gasteiger partial charge in [-0.2, -0.15) is 0 Å². The van der Waals surface area contributed by atoms with Crippen LogP contribution in [0.1, 0.15) is 11.1 Å². The van der Waals surface area contributed by atoms with E-state index in [2.05, 4.69) is 49.1 Å². The zero-order valence-corrected chi connectivity index (χ0v) is 18.7. The summed E-state index contributed by atoms with van der Waals surface area (Å²) in [6.07, 6.45) is 1.65. The number of benzene rings is 2. The van der Waals surface area contributed by atoms with E-state index >= 15 is 0 Å². The first-order chi connectivity index (χ1) is 14.0. The summed E-state index contributed by atoms with van der Waals surface area (Å²) in [6.45, 7) is 4.50. The fourth-order valence-electron chi connectivity index (χ4n) is 3.02. The molecule has 1 aliphatic rings. The first-order valence-corrected chi connectivity index (χ1v) is 10.9. The Morgan fingerprint density at radius 2 is 1.55 bits per heavy atom. The van der Waals surface area contributed by atoms with E-state index in [0.29, 0.717) is 35.8 Å². The molecule has 0 spiro atoms. The van der Waals surface area contributed by atoms with Gasteiger partial charge in [-0.3, -0.25) is 10.1 Å². The number of hydrogen-bond acceptors (Lipinski definition) is 4. The van der Waals surface area contributed by atoms with E-state index in [-0.39, 0.29) is 4.83 Å². The Bertz CT molecular complexity index is 887. The number of carbonyl (C=O) groups excluding carboxylic acids is 2. The van der Waals surface area contributed by atoms with Gasteiger partial charge in [0.25, 0.3) is 5.91 Å². The van der Waals surface area contributed by atoms with Crippen LogP contribution >= 0.6 is 31.9 Å². The third-order valence-corrected chi connectivity index (χ3v) is 6.65. The first-order valence-electron chi connectivity index (χ1n) is 8.91. The second-order valence-electron chi connectivity index (χ2n) is 6.37. The molecule has 1 fully saturated rings. The number of nitrogens with one attached hydrogen (secondary N) is 2. The van der Waals surface area contributed by atoms with Gasteiger partial charge in [-0.1, -0.05) is 68.8 Å². The van der Waals surface area contributed by atoms with E-state index in [1.807, 2.05) is 0 Å². The maximum atomic E-state index is 12.8. The fraction of sp³-hybridized carbons (Fsp3) is 0.238. The number of alkyl halides is 2. The maximum Gasteiger partial charge on any atom is 0.322 e. The number of carbonyl (C=O) groups is 2. The predicted molar refractivity (Wildman–Crippen MR) is 118 cm³/mol. The summed E-state index contributed by atoms with van der Waals surface area (Å²) in [5.74, 6) is 0.886. The number of halogens is 2. The molecular weight excluding hydrogens is 504 g/mol. The molecule has 0 bridgehead atoms. The summed E-state index contributed by atoms with van der Waals surface area (Å²) in [5.41, 5.74) is -0.0652. The van der Waals surface area contributed by atoms with E-state index in [1.54, 1.807) is 54.6 Å². The normalized spacial score (nSPS) is 19.2. The molecule has 2 atom stereocenters. The molecule has 2 N–H and O–H groups in total. The van der Waals surface area contributed by atoms with Gasteiger partial charge in [0.05, 0.1) is 4.83 Å². The molecule has 1 unspecified atom stereocenters. The van der Waals surface area contributed by atoms with Gasteiger partial charge in [0.2, 0.25) is 0 Å². The second kappa shape index (κ2) is 9.45. The van der Waals surface area contributed by atoms with Crippen molar-refractivity contribution >= 4 is 43.8 Å². The molecule has 0 radical (unpaired) electrons. The Morgan fingerprint density at radius 3 is 2.00 bits per heavy atom. The Balaban J connectivity index is 1.90. The fourth-order valence-corrected chi connectivity index (χ4v) is 3.34. The van der Waals surface area contributed by atoms with Crippen LogP contribution in [0.3, 0.4) is 0 Å². The molecule has 0 aromatic heterocycles. The lowest BCUT2D eigenvalue weighted by Gasteiger charge is -2.27. The molecule has 8 heteroatoms. The van der Waals surface area contributed by atoms with Crippen molar-refractivity contribution < 1.29 is 19.1 Å². The van der Waals surface area contributed by atoms with Crippen molar-refractivity contribution in [1.82, 2.24) is 10.6 Å². The predicted octanol–water partition coefficient (Wildman–Crippen LogP) is 3.87. The zero-order chi connectivity index (χ0) is 20.9. The number of hydrogen-bond donors (Lipinski definition) is 2. The van der Waals surface area contributed by atoms with Crippen LogP contribution in [0.25, 0.3) is 0 Å². The van der Waals surface area contributed by atoms with Crippen molar-refractivity contribution in [2.75, 3.05) is 18.5 Å². The van der Waals surface area contributed by atoms with Crippen LogP contribution in [-0.2, 0) is 10.3 Å². The number of imide groups is 1. The molecule has 6 nitrogen and oxygen atoms in total. The molecule has 1 aliphatic heterocycles. The Hall–Kier alpha value is -2.32. The van der Waals surface area contributed by atoms with Gasteiger partial charge < -0.3 is 14.8 Å². The molecule has 2 aromatic rings. The van der Waals surface area contributed by atoms with Gasteiger partial charge in [-0.15, -0.1) is 0 Å². The lowest BCUT2D eigenvalue weighted by atomic mass is 9.83. The van der Waals surface area contributed by atoms with Crippen LogP contribution < -0.4 is 20.1 Å². The SMILES string of the molecule is C=CCOc1ccc([C@@]2(c3ccc(OCC(Br)CBr)cc3)NC(=O)NC2=O)cc1. The Labute approximate surface area is 185 Å². The number of urea groups is 1. The van der Waals surface area contributed by atoms with Crippen LogP contribution in [0.2, 0.25) is 0 Å². The second-order valence-corrected chi connectivity index (χ2v) is 8.31. The minimum atomic E-state index is -1.32. The summed E-state index contributed by atoms with van der Waals surface area (Å²) in [4.78, 5) is 25.0. The highest BCUT2D eigenvalue weighted by Crippen LogP contribution is 2.34. The third kappa shape index (κ3) is 4.64. The van der Waals surface area contributed by atoms with Crippen molar-refractivity contribution in [3.63, 3.8) is 0 Å². The zero-order valence-electron chi connectivity index (χ0n) is 15.5. The molecular formula is C21H20Br2N2O4. The van der Waals surface area contributed by atoms with Crippen LogP contribution in [0.15, 0.2) is 61.2 Å². The average molecular weight is 524 g/mol. The molecule has 152 valence electrons. The lowest BCUT2D eigenvalue weighted by Crippen LogP contribution is -2.44. The highest BCUT2D eigenvalue weighted by Gasteiger charge is 2.49. The van der Waals surface area contributed by atoms with Gasteiger partial charge in [-0.05, 0) is 35.4 Å². The maximum absolute atomic E-state index is 12.8. The first kappa shape index (κ1) is 21.4. The number of amides is 3. The molecule has 3 rings (SSSR count). The van der Waals surface area contributed by atoms with Crippen LogP contribution in [0, 0.1) is 0 Å². The van der Waals surface area contributed by atoms with Crippen molar-refractivity contribution in [3.8, 4) is 11.5 Å². The highest BCUT2D eigenvalue weighted by atomic mass is 79.9. The molecule has 0 aliphatic carbocycles. The standard InChI is InChI=1S/C21H20Br2N2O4/c1-2-11-28-17-7-3-14(4-8-17)21(19(26)24-20(27)25-21)15-5-9-18(10-6-15)29-13-16(23)12-22/h2-10,16H,1,11-13H2,(H2,24,25,26,27)/t16?,21-/m0/s1. The van der Waals surface area contributed by atoms with Gasteiger partial charge >= 0.3 is 6.03 Å². The third-order valence-electron chi connectivity index (χ3n) is 4.41. The topological polar surface area (TPSA) is 76.7 Å². The quantitative estimate of drug-likeness (QED) is 0.297. The van der Waals surface area contributed by atoms with Crippen molar-refractivity contribution in [1.29, 1.82) is 0 Å². The van der Waals surface area contributed by atoms with Crippen molar-refractivity contribution in [2.24, 2.45) is 0 Å². The minimum absolute atomic E-state index is 0.190. The Kier molecular flexibility index (Phi) is 6.97. The largest absolute Gasteiger partial charge is 0.492 e.